The molecular weight excluding hydrogens is 365 g/mol. The van der Waals surface area contributed by atoms with E-state index in [1.807, 2.05) is 0 Å². The number of sulfone groups is 1. The van der Waals surface area contributed by atoms with Crippen LogP contribution in [0.4, 0.5) is 5.69 Å². The molecule has 1 heterocycles. The van der Waals surface area contributed by atoms with Gasteiger partial charge in [0.1, 0.15) is 0 Å². The average Bonchev–Trinajstić information content (AvgIpc) is 2.79. The number of ether oxygens (including phenoxy) is 1. The maximum atomic E-state index is 11.7. The van der Waals surface area contributed by atoms with E-state index >= 15 is 0 Å². The first-order chi connectivity index (χ1) is 10.7. The van der Waals surface area contributed by atoms with Crippen LogP contribution in [0.15, 0.2) is 18.2 Å². The molecule has 1 amide bonds. The minimum atomic E-state index is -3.03. The maximum Gasteiger partial charge on any atom is 0.306 e. The third kappa shape index (κ3) is 5.67. The van der Waals surface area contributed by atoms with E-state index < -0.39 is 28.3 Å². The van der Waals surface area contributed by atoms with Crippen molar-refractivity contribution in [1.29, 1.82) is 0 Å². The van der Waals surface area contributed by atoms with Crippen LogP contribution in [0.2, 0.25) is 10.0 Å². The van der Waals surface area contributed by atoms with Crippen LogP contribution in [0.25, 0.3) is 0 Å². The van der Waals surface area contributed by atoms with Crippen molar-refractivity contribution < 1.29 is 22.7 Å². The van der Waals surface area contributed by atoms with Gasteiger partial charge in [0.15, 0.2) is 16.4 Å². The van der Waals surface area contributed by atoms with Crippen LogP contribution in [0.3, 0.4) is 0 Å². The number of halogens is 2. The molecule has 1 saturated heterocycles. The molecule has 23 heavy (non-hydrogen) atoms. The summed E-state index contributed by atoms with van der Waals surface area (Å²) < 4.78 is 27.5. The number of esters is 1. The lowest BCUT2D eigenvalue weighted by atomic mass is 10.1. The zero-order valence-corrected chi connectivity index (χ0v) is 14.4. The monoisotopic (exact) mass is 379 g/mol. The molecular formula is C14H15Cl2NO5S. The van der Waals surface area contributed by atoms with Gasteiger partial charge in [-0.3, -0.25) is 9.59 Å². The summed E-state index contributed by atoms with van der Waals surface area (Å²) in [6, 6.07) is 4.58. The van der Waals surface area contributed by atoms with Gasteiger partial charge in [0, 0.05) is 11.4 Å². The van der Waals surface area contributed by atoms with Crippen molar-refractivity contribution in [1.82, 2.24) is 0 Å². The van der Waals surface area contributed by atoms with Gasteiger partial charge >= 0.3 is 5.97 Å². The number of nitrogens with one attached hydrogen (secondary N) is 1. The summed E-state index contributed by atoms with van der Waals surface area (Å²) >= 11 is 11.7. The second kappa shape index (κ2) is 7.51. The van der Waals surface area contributed by atoms with Crippen molar-refractivity contribution >= 4 is 50.6 Å². The number of amides is 1. The summed E-state index contributed by atoms with van der Waals surface area (Å²) in [6.07, 6.45) is 0.443. The third-order valence-electron chi connectivity index (χ3n) is 3.35. The van der Waals surface area contributed by atoms with Crippen molar-refractivity contribution in [2.45, 2.75) is 12.8 Å². The lowest BCUT2D eigenvalue weighted by molar-refractivity contribution is -0.148. The van der Waals surface area contributed by atoms with E-state index in [1.165, 1.54) is 12.1 Å². The molecule has 2 rings (SSSR count). The van der Waals surface area contributed by atoms with Crippen molar-refractivity contribution in [2.75, 3.05) is 23.4 Å². The van der Waals surface area contributed by atoms with Crippen molar-refractivity contribution in [3.05, 3.63) is 28.2 Å². The number of carbonyl (C=O) groups excluding carboxylic acids is 2. The molecule has 0 unspecified atom stereocenters. The molecule has 0 spiro atoms. The van der Waals surface area contributed by atoms with E-state index in [2.05, 4.69) is 5.32 Å². The highest BCUT2D eigenvalue weighted by atomic mass is 35.5. The highest BCUT2D eigenvalue weighted by molar-refractivity contribution is 7.91. The molecule has 1 N–H and O–H groups in total. The lowest BCUT2D eigenvalue weighted by Crippen LogP contribution is -2.22. The Balaban J connectivity index is 1.77. The van der Waals surface area contributed by atoms with Crippen molar-refractivity contribution in [3.63, 3.8) is 0 Å². The first-order valence-corrected chi connectivity index (χ1v) is 9.44. The summed E-state index contributed by atoms with van der Waals surface area (Å²) in [4.78, 5) is 23.4. The van der Waals surface area contributed by atoms with Gasteiger partial charge in [-0.05, 0) is 30.5 Å². The summed E-state index contributed by atoms with van der Waals surface area (Å²) in [5.74, 6) is -1.28. The molecule has 1 atom stereocenters. The molecule has 1 aromatic rings. The summed E-state index contributed by atoms with van der Waals surface area (Å²) in [6.45, 7) is -0.461. The molecule has 1 aromatic carbocycles. The highest BCUT2D eigenvalue weighted by Crippen LogP contribution is 2.25. The standard InChI is InChI=1S/C14H15Cl2NO5S/c15-10-1-2-12(11(16)6-10)17-13(18)7-22-14(19)5-9-3-4-23(20,21)8-9/h1-2,6,9H,3-5,7-8H2,(H,17,18)/t9-/m1/s1. The van der Waals surface area contributed by atoms with E-state index in [0.717, 1.165) is 0 Å². The normalized spacial score (nSPS) is 19.3. The molecule has 0 saturated carbocycles. The largest absolute Gasteiger partial charge is 0.456 e. The topological polar surface area (TPSA) is 89.5 Å². The second-order valence-electron chi connectivity index (χ2n) is 5.31. The molecule has 0 bridgehead atoms. The Labute approximate surface area is 144 Å². The first kappa shape index (κ1) is 18.0. The van der Waals surface area contributed by atoms with Gasteiger partial charge in [-0.1, -0.05) is 23.2 Å². The Morgan fingerprint density at radius 2 is 2.04 bits per heavy atom. The Morgan fingerprint density at radius 3 is 2.65 bits per heavy atom. The lowest BCUT2D eigenvalue weighted by Gasteiger charge is -2.10. The number of benzene rings is 1. The number of anilines is 1. The Morgan fingerprint density at radius 1 is 1.30 bits per heavy atom. The first-order valence-electron chi connectivity index (χ1n) is 6.86. The summed E-state index contributed by atoms with van der Waals surface area (Å²) in [5.41, 5.74) is 0.360. The third-order valence-corrected chi connectivity index (χ3v) is 5.74. The minimum absolute atomic E-state index is 0.00528. The van der Waals surface area contributed by atoms with E-state index in [-0.39, 0.29) is 28.9 Å². The van der Waals surface area contributed by atoms with Gasteiger partial charge in [-0.15, -0.1) is 0 Å². The number of hydrogen-bond donors (Lipinski definition) is 1. The van der Waals surface area contributed by atoms with Gasteiger partial charge in [-0.25, -0.2) is 8.42 Å². The van der Waals surface area contributed by atoms with Gasteiger partial charge in [-0.2, -0.15) is 0 Å². The average molecular weight is 380 g/mol. The number of hydrogen-bond acceptors (Lipinski definition) is 5. The van der Waals surface area contributed by atoms with E-state index in [1.54, 1.807) is 6.07 Å². The fourth-order valence-electron chi connectivity index (χ4n) is 2.25. The van der Waals surface area contributed by atoms with Gasteiger partial charge in [0.2, 0.25) is 0 Å². The maximum absolute atomic E-state index is 11.7. The van der Waals surface area contributed by atoms with Crippen LogP contribution < -0.4 is 5.32 Å². The molecule has 0 aliphatic carbocycles. The van der Waals surface area contributed by atoms with Gasteiger partial charge in [0.25, 0.3) is 5.91 Å². The van der Waals surface area contributed by atoms with Crippen LogP contribution in [-0.4, -0.2) is 38.4 Å². The molecule has 1 aliphatic heterocycles. The predicted molar refractivity (Wildman–Crippen MR) is 87.4 cm³/mol. The van der Waals surface area contributed by atoms with E-state index in [0.29, 0.717) is 17.1 Å². The van der Waals surface area contributed by atoms with Crippen molar-refractivity contribution in [3.8, 4) is 0 Å². The molecule has 1 aliphatic rings. The van der Waals surface area contributed by atoms with Gasteiger partial charge < -0.3 is 10.1 Å². The molecule has 6 nitrogen and oxygen atoms in total. The van der Waals surface area contributed by atoms with Crippen LogP contribution in [0.5, 0.6) is 0 Å². The van der Waals surface area contributed by atoms with Crippen LogP contribution in [0, 0.1) is 5.92 Å². The molecule has 0 radical (unpaired) electrons. The van der Waals surface area contributed by atoms with Crippen molar-refractivity contribution in [2.24, 2.45) is 5.92 Å². The van der Waals surface area contributed by atoms with Crippen LogP contribution in [0.1, 0.15) is 12.8 Å². The van der Waals surface area contributed by atoms with Crippen LogP contribution >= 0.6 is 23.2 Å². The smallest absolute Gasteiger partial charge is 0.306 e. The fraction of sp³-hybridized carbons (Fsp3) is 0.429. The molecule has 126 valence electrons. The fourth-order valence-corrected chi connectivity index (χ4v) is 4.57. The molecule has 9 heteroatoms. The van der Waals surface area contributed by atoms with E-state index in [9.17, 15) is 18.0 Å². The second-order valence-corrected chi connectivity index (χ2v) is 8.38. The summed E-state index contributed by atoms with van der Waals surface area (Å²) in [7, 11) is -3.03. The minimum Gasteiger partial charge on any atom is -0.456 e. The Bertz CT molecular complexity index is 720. The van der Waals surface area contributed by atoms with Gasteiger partial charge in [0.05, 0.1) is 22.2 Å². The zero-order valence-electron chi connectivity index (χ0n) is 12.1. The molecule has 1 fully saturated rings. The Hall–Kier alpha value is -1.31. The predicted octanol–water partition coefficient (Wildman–Crippen LogP) is 2.30. The quantitative estimate of drug-likeness (QED) is 0.792. The molecule has 0 aromatic heterocycles. The highest BCUT2D eigenvalue weighted by Gasteiger charge is 2.29. The number of rotatable bonds is 5. The summed E-state index contributed by atoms with van der Waals surface area (Å²) in [5, 5.41) is 3.20. The number of carbonyl (C=O) groups is 2. The van der Waals surface area contributed by atoms with Crippen LogP contribution in [-0.2, 0) is 24.2 Å². The Kier molecular flexibility index (Phi) is 5.89. The zero-order chi connectivity index (χ0) is 17.0. The van der Waals surface area contributed by atoms with E-state index in [4.69, 9.17) is 27.9 Å². The SMILES string of the molecule is O=C(COC(=O)C[C@H]1CCS(=O)(=O)C1)Nc1ccc(Cl)cc1Cl.